The Balaban J connectivity index is 2.07. The summed E-state index contributed by atoms with van der Waals surface area (Å²) in [6.45, 7) is 2.40. The largest absolute Gasteiger partial charge is 0.294 e. The predicted molar refractivity (Wildman–Crippen MR) is 65.0 cm³/mol. The van der Waals surface area contributed by atoms with E-state index in [0.717, 1.165) is 0 Å². The molecule has 1 aromatic heterocycles. The first-order valence-corrected chi connectivity index (χ1v) is 5.67. The molecule has 17 heavy (non-hydrogen) atoms. The molecule has 5 heteroatoms. The Hall–Kier alpha value is -1.68. The van der Waals surface area contributed by atoms with Crippen LogP contribution < -0.4 is 0 Å². The quantitative estimate of drug-likeness (QED) is 0.782. The highest BCUT2D eigenvalue weighted by Crippen LogP contribution is 2.14. The molecule has 4 nitrogen and oxygen atoms in total. The summed E-state index contributed by atoms with van der Waals surface area (Å²) in [5.74, 6) is -0.0601. The third kappa shape index (κ3) is 2.91. The smallest absolute Gasteiger partial charge is 0.167 e. The molecule has 0 radical (unpaired) electrons. The van der Waals surface area contributed by atoms with Gasteiger partial charge in [0.1, 0.15) is 12.7 Å². The van der Waals surface area contributed by atoms with Crippen LogP contribution in [0, 0.1) is 5.92 Å². The molecule has 2 aromatic rings. The number of carbonyl (C=O) groups excluding carboxylic acids is 1. The van der Waals surface area contributed by atoms with Crippen molar-refractivity contribution in [2.45, 2.75) is 13.5 Å². The Morgan fingerprint density at radius 2 is 2.12 bits per heavy atom. The minimum absolute atomic E-state index is 0.0807. The van der Waals surface area contributed by atoms with E-state index in [0.29, 0.717) is 17.1 Å². The van der Waals surface area contributed by atoms with Gasteiger partial charge in [-0.1, -0.05) is 18.5 Å². The predicted octanol–water partition coefficient (Wildman–Crippen LogP) is 2.45. The highest BCUT2D eigenvalue weighted by molar-refractivity contribution is 6.30. The van der Waals surface area contributed by atoms with Crippen LogP contribution >= 0.6 is 11.6 Å². The fraction of sp³-hybridized carbons (Fsp3) is 0.250. The number of aromatic nitrogens is 3. The number of rotatable bonds is 4. The van der Waals surface area contributed by atoms with Crippen molar-refractivity contribution in [2.75, 3.05) is 0 Å². The van der Waals surface area contributed by atoms with Crippen LogP contribution in [0.3, 0.4) is 0 Å². The van der Waals surface area contributed by atoms with Gasteiger partial charge in [-0.3, -0.25) is 9.48 Å². The molecule has 88 valence electrons. The second-order valence-electron chi connectivity index (χ2n) is 3.89. The molecule has 1 unspecified atom stereocenters. The summed E-state index contributed by atoms with van der Waals surface area (Å²) in [7, 11) is 0. The van der Waals surface area contributed by atoms with Crippen LogP contribution in [0.4, 0.5) is 0 Å². The number of hydrogen-bond donors (Lipinski definition) is 0. The van der Waals surface area contributed by atoms with Crippen molar-refractivity contribution in [3.05, 3.63) is 47.5 Å². The van der Waals surface area contributed by atoms with E-state index in [9.17, 15) is 4.79 Å². The van der Waals surface area contributed by atoms with Gasteiger partial charge in [0.15, 0.2) is 5.78 Å². The molecule has 0 spiro atoms. The first kappa shape index (κ1) is 11.8. The van der Waals surface area contributed by atoms with Crippen LogP contribution in [-0.4, -0.2) is 20.5 Å². The lowest BCUT2D eigenvalue weighted by atomic mass is 9.99. The van der Waals surface area contributed by atoms with Gasteiger partial charge in [-0.15, -0.1) is 0 Å². The standard InChI is InChI=1S/C12H12ClN3O/c1-9(6-16-8-14-7-15-16)12(17)10-2-4-11(13)5-3-10/h2-5,7-9H,6H2,1H3. The molecule has 0 bridgehead atoms. The van der Waals surface area contributed by atoms with Crippen LogP contribution in [0.1, 0.15) is 17.3 Å². The zero-order chi connectivity index (χ0) is 12.3. The molecule has 0 saturated carbocycles. The molecular weight excluding hydrogens is 238 g/mol. The van der Waals surface area contributed by atoms with Crippen molar-refractivity contribution in [1.82, 2.24) is 14.8 Å². The number of ketones is 1. The number of benzene rings is 1. The van der Waals surface area contributed by atoms with Gasteiger partial charge in [0.05, 0.1) is 6.54 Å². The molecule has 1 heterocycles. The lowest BCUT2D eigenvalue weighted by molar-refractivity contribution is 0.0915. The van der Waals surface area contributed by atoms with Crippen molar-refractivity contribution < 1.29 is 4.79 Å². The normalized spacial score (nSPS) is 12.4. The number of nitrogens with zero attached hydrogens (tertiary/aromatic N) is 3. The third-order valence-corrected chi connectivity index (χ3v) is 2.76. The van der Waals surface area contributed by atoms with Crippen LogP contribution in [-0.2, 0) is 6.54 Å². The van der Waals surface area contributed by atoms with E-state index in [1.807, 2.05) is 6.92 Å². The first-order chi connectivity index (χ1) is 8.16. The molecule has 1 aromatic carbocycles. The maximum absolute atomic E-state index is 12.1. The number of hydrogen-bond acceptors (Lipinski definition) is 3. The minimum Gasteiger partial charge on any atom is -0.294 e. The maximum Gasteiger partial charge on any atom is 0.167 e. The molecule has 0 N–H and O–H groups in total. The van der Waals surface area contributed by atoms with E-state index in [-0.39, 0.29) is 11.7 Å². The molecule has 0 aliphatic carbocycles. The van der Waals surface area contributed by atoms with E-state index < -0.39 is 0 Å². The molecule has 0 amide bonds. The van der Waals surface area contributed by atoms with E-state index in [1.165, 1.54) is 6.33 Å². The molecule has 0 saturated heterocycles. The van der Waals surface area contributed by atoms with Crippen LogP contribution in [0.2, 0.25) is 5.02 Å². The van der Waals surface area contributed by atoms with E-state index in [2.05, 4.69) is 10.1 Å². The van der Waals surface area contributed by atoms with Crippen molar-refractivity contribution in [1.29, 1.82) is 0 Å². The van der Waals surface area contributed by atoms with E-state index in [1.54, 1.807) is 35.3 Å². The summed E-state index contributed by atoms with van der Waals surface area (Å²) >= 11 is 5.78. The molecule has 2 rings (SSSR count). The fourth-order valence-electron chi connectivity index (χ4n) is 1.59. The highest BCUT2D eigenvalue weighted by Gasteiger charge is 2.15. The van der Waals surface area contributed by atoms with E-state index >= 15 is 0 Å². The number of carbonyl (C=O) groups is 1. The van der Waals surface area contributed by atoms with Crippen molar-refractivity contribution in [2.24, 2.45) is 5.92 Å². The van der Waals surface area contributed by atoms with Gasteiger partial charge >= 0.3 is 0 Å². The van der Waals surface area contributed by atoms with Gasteiger partial charge < -0.3 is 0 Å². The fourth-order valence-corrected chi connectivity index (χ4v) is 1.72. The lowest BCUT2D eigenvalue weighted by Gasteiger charge is -2.10. The summed E-state index contributed by atoms with van der Waals surface area (Å²) in [5.41, 5.74) is 0.669. The second kappa shape index (κ2) is 5.10. The van der Waals surface area contributed by atoms with Gasteiger partial charge in [-0.25, -0.2) is 4.98 Å². The van der Waals surface area contributed by atoms with Gasteiger partial charge in [0.2, 0.25) is 0 Å². The third-order valence-electron chi connectivity index (χ3n) is 2.50. The summed E-state index contributed by atoms with van der Waals surface area (Å²) in [5, 5.41) is 4.61. The molecule has 0 aliphatic rings. The zero-order valence-corrected chi connectivity index (χ0v) is 10.1. The maximum atomic E-state index is 12.1. The van der Waals surface area contributed by atoms with Crippen LogP contribution in [0.15, 0.2) is 36.9 Å². The molecule has 1 atom stereocenters. The summed E-state index contributed by atoms with van der Waals surface area (Å²) in [4.78, 5) is 15.9. The van der Waals surface area contributed by atoms with Crippen molar-refractivity contribution in [3.8, 4) is 0 Å². The van der Waals surface area contributed by atoms with Crippen LogP contribution in [0.5, 0.6) is 0 Å². The lowest BCUT2D eigenvalue weighted by Crippen LogP contribution is -2.18. The SMILES string of the molecule is CC(Cn1cncn1)C(=O)c1ccc(Cl)cc1. The van der Waals surface area contributed by atoms with Gasteiger partial charge in [0.25, 0.3) is 0 Å². The molecule has 0 aliphatic heterocycles. The Labute approximate surface area is 104 Å². The molecule has 0 fully saturated rings. The summed E-state index contributed by atoms with van der Waals surface area (Å²) in [6.07, 6.45) is 3.06. The minimum atomic E-state index is -0.141. The average Bonchev–Trinajstić information content (AvgIpc) is 2.82. The Kier molecular flexibility index (Phi) is 3.54. The summed E-state index contributed by atoms with van der Waals surface area (Å²) in [6, 6.07) is 6.92. The first-order valence-electron chi connectivity index (χ1n) is 5.29. The highest BCUT2D eigenvalue weighted by atomic mass is 35.5. The number of halogens is 1. The number of Topliss-reactive ketones (excluding diaryl/α,β-unsaturated/α-hetero) is 1. The van der Waals surface area contributed by atoms with E-state index in [4.69, 9.17) is 11.6 Å². The van der Waals surface area contributed by atoms with Gasteiger partial charge in [0, 0.05) is 16.5 Å². The van der Waals surface area contributed by atoms with Crippen LogP contribution in [0.25, 0.3) is 0 Å². The Morgan fingerprint density at radius 1 is 1.41 bits per heavy atom. The average molecular weight is 250 g/mol. The van der Waals surface area contributed by atoms with Gasteiger partial charge in [-0.05, 0) is 24.3 Å². The Bertz CT molecular complexity index is 493. The second-order valence-corrected chi connectivity index (χ2v) is 4.33. The summed E-state index contributed by atoms with van der Waals surface area (Å²) < 4.78 is 1.65. The van der Waals surface area contributed by atoms with Crippen molar-refractivity contribution >= 4 is 17.4 Å². The molecular formula is C12H12ClN3O. The Morgan fingerprint density at radius 3 is 2.71 bits per heavy atom. The zero-order valence-electron chi connectivity index (χ0n) is 9.38. The topological polar surface area (TPSA) is 47.8 Å². The van der Waals surface area contributed by atoms with Crippen molar-refractivity contribution in [3.63, 3.8) is 0 Å². The monoisotopic (exact) mass is 249 g/mol. The van der Waals surface area contributed by atoms with Gasteiger partial charge in [-0.2, -0.15) is 5.10 Å².